The number of alkyl halides is 3. The Balaban J connectivity index is 0.00000164. The second-order valence-electron chi connectivity index (χ2n) is 9.67. The van der Waals surface area contributed by atoms with Gasteiger partial charge in [-0.15, -0.1) is 10.2 Å². The fourth-order valence-electron chi connectivity index (χ4n) is 5.53. The van der Waals surface area contributed by atoms with E-state index in [9.17, 15) is 13.2 Å². The van der Waals surface area contributed by atoms with Crippen molar-refractivity contribution in [2.45, 2.75) is 65.1 Å². The van der Waals surface area contributed by atoms with Gasteiger partial charge in [-0.25, -0.2) is 0 Å². The molecule has 1 aromatic heterocycles. The summed E-state index contributed by atoms with van der Waals surface area (Å²) in [6.07, 6.45) is 7.39. The van der Waals surface area contributed by atoms with Gasteiger partial charge in [-0.1, -0.05) is 58.1 Å². The molecule has 0 fully saturated rings. The molecule has 2 unspecified atom stereocenters. The van der Waals surface area contributed by atoms with Crippen LogP contribution in [0.15, 0.2) is 77.3 Å². The van der Waals surface area contributed by atoms with Crippen LogP contribution >= 0.6 is 0 Å². The monoisotopic (exact) mass is 521 g/mol. The molecule has 38 heavy (non-hydrogen) atoms. The van der Waals surface area contributed by atoms with E-state index in [1.807, 2.05) is 19.9 Å². The minimum absolute atomic E-state index is 0.143. The molecule has 0 radical (unpaired) electrons. The van der Waals surface area contributed by atoms with E-state index in [-0.39, 0.29) is 16.8 Å². The molecule has 0 N–H and O–H groups in total. The largest absolute Gasteiger partial charge is 0.416 e. The lowest BCUT2D eigenvalue weighted by atomic mass is 9.60. The third-order valence-corrected chi connectivity index (χ3v) is 7.87. The molecule has 0 spiro atoms. The summed E-state index contributed by atoms with van der Waals surface area (Å²) >= 11 is 0. The average Bonchev–Trinajstić information content (AvgIpc) is 3.43. The highest BCUT2D eigenvalue weighted by atomic mass is 19.4. The standard InChI is InChI=1S/C29H28F3N3O.C2H6/c1-5-16-28(4)27(3,6-2)23-15-12-20(18-22(23)24-9-7-8-17-35(24)28)26-34-33-25(36-26)19-10-13-21(14-11-19)29(30,31)32;1-2/h5,7-16,18H,6,17H2,1-4H3;1-2H3. The summed E-state index contributed by atoms with van der Waals surface area (Å²) in [6.45, 7) is 13.7. The van der Waals surface area contributed by atoms with Gasteiger partial charge in [-0.2, -0.15) is 13.2 Å². The van der Waals surface area contributed by atoms with Gasteiger partial charge in [-0.05, 0) is 68.3 Å². The van der Waals surface area contributed by atoms with Crippen LogP contribution in [0.25, 0.3) is 28.6 Å². The van der Waals surface area contributed by atoms with E-state index in [1.165, 1.54) is 17.7 Å². The van der Waals surface area contributed by atoms with Crippen LogP contribution in [0, 0.1) is 0 Å². The molecular formula is C31H34F3N3O. The van der Waals surface area contributed by atoms with Gasteiger partial charge in [0.05, 0.1) is 11.1 Å². The van der Waals surface area contributed by atoms with E-state index in [0.717, 1.165) is 41.9 Å². The Kier molecular flexibility index (Phi) is 7.42. The molecule has 0 saturated heterocycles. The highest BCUT2D eigenvalue weighted by Gasteiger charge is 2.52. The summed E-state index contributed by atoms with van der Waals surface area (Å²) in [5, 5.41) is 8.30. The SMILES string of the molecule is CC.CC=CC1(C)N2CC=CC=C2c2cc(-c3nnc(-c4ccc(C(F)(F)F)cc4)o3)ccc2C1(C)CC. The van der Waals surface area contributed by atoms with Crippen LogP contribution in [0.4, 0.5) is 13.2 Å². The van der Waals surface area contributed by atoms with Crippen LogP contribution < -0.4 is 0 Å². The number of rotatable bonds is 4. The zero-order valence-electron chi connectivity index (χ0n) is 22.7. The van der Waals surface area contributed by atoms with E-state index in [1.54, 1.807) is 0 Å². The van der Waals surface area contributed by atoms with Crippen LogP contribution in [0.5, 0.6) is 0 Å². The molecule has 0 amide bonds. The Bertz CT molecular complexity index is 1380. The van der Waals surface area contributed by atoms with E-state index in [4.69, 9.17) is 4.42 Å². The number of allylic oxidation sites excluding steroid dienone is 3. The quantitative estimate of drug-likeness (QED) is 0.322. The maximum atomic E-state index is 12.9. The highest BCUT2D eigenvalue weighted by Crippen LogP contribution is 2.53. The first-order valence-electron chi connectivity index (χ1n) is 13.1. The summed E-state index contributed by atoms with van der Waals surface area (Å²) in [5.41, 5.74) is 3.66. The van der Waals surface area contributed by atoms with Crippen molar-refractivity contribution in [3.63, 3.8) is 0 Å². The first-order chi connectivity index (χ1) is 18.1. The first-order valence-corrected chi connectivity index (χ1v) is 13.1. The van der Waals surface area contributed by atoms with Crippen molar-refractivity contribution in [1.29, 1.82) is 0 Å². The van der Waals surface area contributed by atoms with Crippen LogP contribution in [0.1, 0.15) is 64.7 Å². The minimum atomic E-state index is -4.39. The van der Waals surface area contributed by atoms with Crippen molar-refractivity contribution in [3.8, 4) is 22.9 Å². The lowest BCUT2D eigenvalue weighted by molar-refractivity contribution is -0.137. The molecule has 0 bridgehead atoms. The normalized spacial score (nSPS) is 22.4. The number of halogens is 3. The molecule has 2 aliphatic heterocycles. The zero-order chi connectivity index (χ0) is 27.7. The van der Waals surface area contributed by atoms with Crippen molar-refractivity contribution in [3.05, 3.63) is 89.5 Å². The minimum Gasteiger partial charge on any atom is -0.416 e. The van der Waals surface area contributed by atoms with Gasteiger partial charge in [0.1, 0.15) is 0 Å². The van der Waals surface area contributed by atoms with Gasteiger partial charge in [0.25, 0.3) is 0 Å². The summed E-state index contributed by atoms with van der Waals surface area (Å²) < 4.78 is 44.6. The second-order valence-corrected chi connectivity index (χ2v) is 9.67. The Morgan fingerprint density at radius 1 is 1.00 bits per heavy atom. The zero-order valence-corrected chi connectivity index (χ0v) is 22.7. The molecule has 3 aromatic rings. The summed E-state index contributed by atoms with van der Waals surface area (Å²) in [6, 6.07) is 10.9. The Hall–Kier alpha value is -3.61. The molecule has 0 saturated carbocycles. The van der Waals surface area contributed by atoms with Crippen molar-refractivity contribution >= 4 is 5.70 Å². The van der Waals surface area contributed by atoms with Crippen molar-refractivity contribution in [2.75, 3.05) is 6.54 Å². The molecule has 7 heteroatoms. The predicted molar refractivity (Wildman–Crippen MR) is 146 cm³/mol. The summed E-state index contributed by atoms with van der Waals surface area (Å²) in [5.74, 6) is 0.503. The predicted octanol–water partition coefficient (Wildman–Crippen LogP) is 8.68. The lowest BCUT2D eigenvalue weighted by Crippen LogP contribution is -2.60. The lowest BCUT2D eigenvalue weighted by Gasteiger charge is -2.58. The fraction of sp³-hybridized carbons (Fsp3) is 0.355. The summed E-state index contributed by atoms with van der Waals surface area (Å²) in [7, 11) is 0. The van der Waals surface area contributed by atoms with Crippen LogP contribution in [0.3, 0.4) is 0 Å². The molecule has 3 heterocycles. The van der Waals surface area contributed by atoms with E-state index >= 15 is 0 Å². The third-order valence-electron chi connectivity index (χ3n) is 7.87. The second kappa shape index (κ2) is 10.3. The molecule has 2 aliphatic rings. The van der Waals surface area contributed by atoms with E-state index in [2.05, 4.69) is 85.3 Å². The molecule has 200 valence electrons. The number of benzene rings is 2. The Morgan fingerprint density at radius 3 is 2.24 bits per heavy atom. The smallest absolute Gasteiger partial charge is 0.416 e. The van der Waals surface area contributed by atoms with Crippen LogP contribution in [-0.2, 0) is 11.6 Å². The van der Waals surface area contributed by atoms with Crippen LogP contribution in [0.2, 0.25) is 0 Å². The Morgan fingerprint density at radius 2 is 1.63 bits per heavy atom. The van der Waals surface area contributed by atoms with Gasteiger partial charge in [0.15, 0.2) is 0 Å². The van der Waals surface area contributed by atoms with Gasteiger partial charge >= 0.3 is 6.18 Å². The highest BCUT2D eigenvalue weighted by molar-refractivity contribution is 5.78. The van der Waals surface area contributed by atoms with Gasteiger partial charge in [0.2, 0.25) is 11.8 Å². The van der Waals surface area contributed by atoms with E-state index < -0.39 is 11.7 Å². The number of hydrogen-bond acceptors (Lipinski definition) is 4. The molecule has 2 aromatic carbocycles. The van der Waals surface area contributed by atoms with E-state index in [0.29, 0.717) is 11.5 Å². The van der Waals surface area contributed by atoms with Crippen molar-refractivity contribution in [1.82, 2.24) is 15.1 Å². The van der Waals surface area contributed by atoms with Gasteiger partial charge in [0, 0.05) is 34.3 Å². The molecule has 0 aliphatic carbocycles. The fourth-order valence-corrected chi connectivity index (χ4v) is 5.53. The number of hydrogen-bond donors (Lipinski definition) is 0. The molecule has 5 rings (SSSR count). The Labute approximate surface area is 222 Å². The van der Waals surface area contributed by atoms with Crippen molar-refractivity contribution in [2.24, 2.45) is 0 Å². The maximum Gasteiger partial charge on any atom is 0.416 e. The number of aromatic nitrogens is 2. The molecular weight excluding hydrogens is 487 g/mol. The van der Waals surface area contributed by atoms with Crippen molar-refractivity contribution < 1.29 is 17.6 Å². The maximum absolute atomic E-state index is 12.9. The molecule has 4 nitrogen and oxygen atoms in total. The first kappa shape index (κ1) is 27.4. The van der Waals surface area contributed by atoms with Gasteiger partial charge < -0.3 is 9.32 Å². The number of fused-ring (bicyclic) bond motifs is 3. The average molecular weight is 522 g/mol. The molecule has 2 atom stereocenters. The number of nitrogens with zero attached hydrogens (tertiary/aromatic N) is 3. The topological polar surface area (TPSA) is 42.2 Å². The van der Waals surface area contributed by atoms with Gasteiger partial charge in [-0.3, -0.25) is 0 Å². The summed E-state index contributed by atoms with van der Waals surface area (Å²) in [4.78, 5) is 2.45. The van der Waals surface area contributed by atoms with Crippen LogP contribution in [-0.4, -0.2) is 27.2 Å². The third kappa shape index (κ3) is 4.38.